The summed E-state index contributed by atoms with van der Waals surface area (Å²) < 4.78 is 0. The van der Waals surface area contributed by atoms with Crippen LogP contribution in [0, 0.1) is 11.8 Å². The smallest absolute Gasteiger partial charge is 0.325 e. The van der Waals surface area contributed by atoms with Crippen molar-refractivity contribution in [2.24, 2.45) is 11.8 Å². The molecule has 0 aliphatic carbocycles. The molecule has 0 saturated carbocycles. The second-order valence-electron chi connectivity index (χ2n) is 7.52. The molecule has 4 amide bonds. The summed E-state index contributed by atoms with van der Waals surface area (Å²) in [4.78, 5) is 50.1. The number of amides is 4. The van der Waals surface area contributed by atoms with E-state index in [1.54, 1.807) is 11.8 Å². The van der Waals surface area contributed by atoms with Gasteiger partial charge in [0.1, 0.15) is 18.4 Å². The lowest BCUT2D eigenvalue weighted by Gasteiger charge is -2.27. The summed E-state index contributed by atoms with van der Waals surface area (Å²) in [6.45, 7) is 7.80. The van der Waals surface area contributed by atoms with Crippen LogP contribution in [0.4, 0.5) is 4.79 Å². The number of imide groups is 1. The van der Waals surface area contributed by atoms with Crippen LogP contribution in [0.2, 0.25) is 0 Å². The number of aldehydes is 1. The number of carbonyl (C=O) groups excluding carboxylic acids is 4. The SMILES string of the molecule is CSCCC(C=O)NC(=O)C(CC(C)C)N1C(=O)NC(CC(C)C)C1=O. The molecule has 0 aromatic rings. The summed E-state index contributed by atoms with van der Waals surface area (Å²) in [7, 11) is 0. The molecule has 26 heavy (non-hydrogen) atoms. The molecule has 1 saturated heterocycles. The van der Waals surface area contributed by atoms with E-state index in [-0.39, 0.29) is 17.7 Å². The Hall–Kier alpha value is -1.57. The minimum atomic E-state index is -0.906. The van der Waals surface area contributed by atoms with Gasteiger partial charge in [0.25, 0.3) is 5.91 Å². The summed E-state index contributed by atoms with van der Waals surface area (Å²) in [6, 6.07) is -2.65. The molecule has 8 heteroatoms. The number of nitrogens with one attached hydrogen (secondary N) is 2. The number of nitrogens with zero attached hydrogens (tertiary/aromatic N) is 1. The topological polar surface area (TPSA) is 95.6 Å². The summed E-state index contributed by atoms with van der Waals surface area (Å²) in [5, 5.41) is 5.37. The first-order chi connectivity index (χ1) is 12.2. The molecule has 1 heterocycles. The van der Waals surface area contributed by atoms with Crippen molar-refractivity contribution in [2.45, 2.75) is 65.1 Å². The maximum Gasteiger partial charge on any atom is 0.325 e. The molecule has 0 aromatic heterocycles. The van der Waals surface area contributed by atoms with E-state index in [0.29, 0.717) is 25.5 Å². The Bertz CT molecular complexity index is 525. The minimum absolute atomic E-state index is 0.108. The second kappa shape index (κ2) is 10.5. The summed E-state index contributed by atoms with van der Waals surface area (Å²) in [6.07, 6.45) is 4.03. The van der Waals surface area contributed by atoms with E-state index in [4.69, 9.17) is 0 Å². The molecule has 1 aliphatic heterocycles. The number of hydrogen-bond donors (Lipinski definition) is 2. The van der Waals surface area contributed by atoms with Crippen LogP contribution in [-0.4, -0.2) is 59.2 Å². The first-order valence-electron chi connectivity index (χ1n) is 9.09. The Kier molecular flexibility index (Phi) is 9.12. The number of thioether (sulfide) groups is 1. The molecule has 3 atom stereocenters. The molecule has 1 aliphatic rings. The average Bonchev–Trinajstić information content (AvgIpc) is 2.82. The third-order valence-corrected chi connectivity index (χ3v) is 4.84. The quantitative estimate of drug-likeness (QED) is 0.418. The summed E-state index contributed by atoms with van der Waals surface area (Å²) >= 11 is 1.58. The van der Waals surface area contributed by atoms with Crippen LogP contribution in [-0.2, 0) is 14.4 Å². The Morgan fingerprint density at radius 3 is 2.42 bits per heavy atom. The lowest BCUT2D eigenvalue weighted by atomic mass is 10.00. The van der Waals surface area contributed by atoms with E-state index < -0.39 is 30.1 Å². The highest BCUT2D eigenvalue weighted by atomic mass is 32.2. The normalized spacial score (nSPS) is 19.7. The molecule has 3 unspecified atom stereocenters. The van der Waals surface area contributed by atoms with Gasteiger partial charge in [0.2, 0.25) is 5.91 Å². The fraction of sp³-hybridized carbons (Fsp3) is 0.778. The maximum atomic E-state index is 12.8. The van der Waals surface area contributed by atoms with E-state index >= 15 is 0 Å². The molecule has 0 aromatic carbocycles. The Labute approximate surface area is 160 Å². The van der Waals surface area contributed by atoms with Crippen LogP contribution in [0.3, 0.4) is 0 Å². The van der Waals surface area contributed by atoms with Crippen molar-refractivity contribution in [3.05, 3.63) is 0 Å². The number of carbonyl (C=O) groups is 4. The van der Waals surface area contributed by atoms with Gasteiger partial charge in [0.15, 0.2) is 0 Å². The highest BCUT2D eigenvalue weighted by Crippen LogP contribution is 2.21. The van der Waals surface area contributed by atoms with Crippen molar-refractivity contribution in [1.82, 2.24) is 15.5 Å². The zero-order chi connectivity index (χ0) is 19.9. The van der Waals surface area contributed by atoms with Crippen molar-refractivity contribution in [3.63, 3.8) is 0 Å². The Balaban J connectivity index is 2.94. The van der Waals surface area contributed by atoms with Gasteiger partial charge in [0.05, 0.1) is 6.04 Å². The molecular weight excluding hydrogens is 354 g/mol. The summed E-state index contributed by atoms with van der Waals surface area (Å²) in [5.74, 6) is 0.267. The van der Waals surface area contributed by atoms with Gasteiger partial charge in [-0.25, -0.2) is 9.69 Å². The highest BCUT2D eigenvalue weighted by Gasteiger charge is 2.44. The van der Waals surface area contributed by atoms with E-state index in [1.165, 1.54) is 0 Å². The Morgan fingerprint density at radius 1 is 1.27 bits per heavy atom. The van der Waals surface area contributed by atoms with Crippen LogP contribution < -0.4 is 10.6 Å². The van der Waals surface area contributed by atoms with E-state index in [1.807, 2.05) is 34.0 Å². The molecule has 1 fully saturated rings. The molecular formula is C18H31N3O4S. The number of rotatable bonds is 11. The molecule has 0 spiro atoms. The standard InChI is InChI=1S/C18H31N3O4S/c1-11(2)8-14-17(24)21(18(25)20-14)15(9-12(3)4)16(23)19-13(10-22)6-7-26-5/h10-15H,6-9H2,1-5H3,(H,19,23)(H,20,25). The fourth-order valence-electron chi connectivity index (χ4n) is 2.95. The molecule has 7 nitrogen and oxygen atoms in total. The van der Waals surface area contributed by atoms with Gasteiger partial charge in [-0.1, -0.05) is 27.7 Å². The largest absolute Gasteiger partial charge is 0.345 e. The van der Waals surface area contributed by atoms with Crippen LogP contribution in [0.15, 0.2) is 0 Å². The molecule has 148 valence electrons. The van der Waals surface area contributed by atoms with Crippen molar-refractivity contribution < 1.29 is 19.2 Å². The first-order valence-corrected chi connectivity index (χ1v) is 10.5. The average molecular weight is 386 g/mol. The highest BCUT2D eigenvalue weighted by molar-refractivity contribution is 7.98. The zero-order valence-electron chi connectivity index (χ0n) is 16.3. The van der Waals surface area contributed by atoms with Gasteiger partial charge in [-0.3, -0.25) is 9.59 Å². The van der Waals surface area contributed by atoms with Crippen LogP contribution in [0.5, 0.6) is 0 Å². The second-order valence-corrected chi connectivity index (χ2v) is 8.50. The third-order valence-electron chi connectivity index (χ3n) is 4.19. The van der Waals surface area contributed by atoms with Crippen molar-refractivity contribution in [3.8, 4) is 0 Å². The Morgan fingerprint density at radius 2 is 1.92 bits per heavy atom. The molecule has 0 bridgehead atoms. The van der Waals surface area contributed by atoms with Crippen LogP contribution >= 0.6 is 11.8 Å². The van der Waals surface area contributed by atoms with Gasteiger partial charge in [-0.2, -0.15) is 11.8 Å². The van der Waals surface area contributed by atoms with E-state index in [0.717, 1.165) is 10.7 Å². The van der Waals surface area contributed by atoms with E-state index in [9.17, 15) is 19.2 Å². The lowest BCUT2D eigenvalue weighted by Crippen LogP contribution is -2.53. The molecule has 2 N–H and O–H groups in total. The van der Waals surface area contributed by atoms with Gasteiger partial charge < -0.3 is 15.4 Å². The van der Waals surface area contributed by atoms with Crippen LogP contribution in [0.25, 0.3) is 0 Å². The summed E-state index contributed by atoms with van der Waals surface area (Å²) in [5.41, 5.74) is 0. The zero-order valence-corrected chi connectivity index (χ0v) is 17.1. The van der Waals surface area contributed by atoms with Crippen LogP contribution in [0.1, 0.15) is 47.0 Å². The predicted octanol–water partition coefficient (Wildman–Crippen LogP) is 1.80. The molecule has 1 rings (SSSR count). The minimum Gasteiger partial charge on any atom is -0.345 e. The fourth-order valence-corrected chi connectivity index (χ4v) is 3.44. The van der Waals surface area contributed by atoms with Gasteiger partial charge in [0, 0.05) is 0 Å². The first kappa shape index (κ1) is 22.5. The third kappa shape index (κ3) is 6.30. The van der Waals surface area contributed by atoms with Gasteiger partial charge >= 0.3 is 6.03 Å². The van der Waals surface area contributed by atoms with Gasteiger partial charge in [-0.05, 0) is 43.1 Å². The van der Waals surface area contributed by atoms with Crippen molar-refractivity contribution in [2.75, 3.05) is 12.0 Å². The lowest BCUT2D eigenvalue weighted by molar-refractivity contribution is -0.137. The van der Waals surface area contributed by atoms with Crippen molar-refractivity contribution in [1.29, 1.82) is 0 Å². The molecule has 0 radical (unpaired) electrons. The predicted molar refractivity (Wildman–Crippen MR) is 103 cm³/mol. The van der Waals surface area contributed by atoms with Gasteiger partial charge in [-0.15, -0.1) is 0 Å². The van der Waals surface area contributed by atoms with E-state index in [2.05, 4.69) is 10.6 Å². The monoisotopic (exact) mass is 385 g/mol. The number of hydrogen-bond acceptors (Lipinski definition) is 5. The van der Waals surface area contributed by atoms with Crippen molar-refractivity contribution >= 4 is 35.9 Å². The number of urea groups is 1. The maximum absolute atomic E-state index is 12.8.